The molecule has 2 fully saturated rings. The van der Waals surface area contributed by atoms with Gasteiger partial charge in [-0.05, 0) is 19.8 Å². The topological polar surface area (TPSA) is 75.9 Å². The van der Waals surface area contributed by atoms with Gasteiger partial charge in [-0.1, -0.05) is 0 Å². The summed E-state index contributed by atoms with van der Waals surface area (Å²) in [4.78, 5) is 27.6. The Bertz CT molecular complexity index is 329. The Labute approximate surface area is 107 Å². The van der Waals surface area contributed by atoms with Crippen molar-refractivity contribution in [3.63, 3.8) is 0 Å². The standard InChI is InChI=1S/C12H21N3O3/c1-9-2-3-10(13)11(16)8-15(9)12(17)14-4-6-18-7-5-14/h9-10H,2-8,13H2,1H3/t9-,10+/m1/s1. The van der Waals surface area contributed by atoms with Crippen LogP contribution < -0.4 is 5.73 Å². The molecule has 0 aliphatic carbocycles. The number of carbonyl (C=O) groups is 2. The number of urea groups is 1. The number of nitrogens with two attached hydrogens (primary N) is 1. The molecule has 0 saturated carbocycles. The van der Waals surface area contributed by atoms with E-state index in [1.165, 1.54) is 0 Å². The van der Waals surface area contributed by atoms with Crippen molar-refractivity contribution in [2.45, 2.75) is 31.8 Å². The van der Waals surface area contributed by atoms with Crippen LogP contribution in [-0.4, -0.2) is 66.5 Å². The Morgan fingerprint density at radius 2 is 2.00 bits per heavy atom. The minimum absolute atomic E-state index is 0.0408. The first-order valence-electron chi connectivity index (χ1n) is 6.51. The maximum atomic E-state index is 12.4. The van der Waals surface area contributed by atoms with Crippen molar-refractivity contribution in [2.75, 3.05) is 32.8 Å². The lowest BCUT2D eigenvalue weighted by Crippen LogP contribution is -2.52. The van der Waals surface area contributed by atoms with Gasteiger partial charge in [0.25, 0.3) is 0 Å². The molecule has 0 spiro atoms. The van der Waals surface area contributed by atoms with E-state index in [4.69, 9.17) is 10.5 Å². The highest BCUT2D eigenvalue weighted by atomic mass is 16.5. The van der Waals surface area contributed by atoms with Crippen molar-refractivity contribution in [1.82, 2.24) is 9.80 Å². The Balaban J connectivity index is 2.04. The van der Waals surface area contributed by atoms with Crippen molar-refractivity contribution in [1.29, 1.82) is 0 Å². The van der Waals surface area contributed by atoms with Crippen LogP contribution in [0.15, 0.2) is 0 Å². The molecule has 2 heterocycles. The Kier molecular flexibility index (Phi) is 4.19. The quantitative estimate of drug-likeness (QED) is 0.651. The fourth-order valence-corrected chi connectivity index (χ4v) is 2.37. The molecule has 6 nitrogen and oxygen atoms in total. The van der Waals surface area contributed by atoms with Gasteiger partial charge in [0.05, 0.1) is 25.8 Å². The molecule has 0 aromatic carbocycles. The lowest BCUT2D eigenvalue weighted by molar-refractivity contribution is -0.120. The lowest BCUT2D eigenvalue weighted by atomic mass is 10.1. The number of likely N-dealkylation sites (tertiary alicyclic amines) is 1. The van der Waals surface area contributed by atoms with Gasteiger partial charge >= 0.3 is 6.03 Å². The van der Waals surface area contributed by atoms with Crippen LogP contribution in [-0.2, 0) is 9.53 Å². The van der Waals surface area contributed by atoms with E-state index in [-0.39, 0.29) is 24.4 Å². The summed E-state index contributed by atoms with van der Waals surface area (Å²) in [7, 11) is 0. The number of carbonyl (C=O) groups excluding carboxylic acids is 2. The SMILES string of the molecule is C[C@@H]1CC[C@H](N)C(=O)CN1C(=O)N1CCOCC1. The number of Topliss-reactive ketones (excluding diaryl/α,β-unsaturated/α-hetero) is 1. The first-order chi connectivity index (χ1) is 8.59. The number of ether oxygens (including phenoxy) is 1. The fourth-order valence-electron chi connectivity index (χ4n) is 2.37. The number of morpholine rings is 1. The molecule has 2 rings (SSSR count). The van der Waals surface area contributed by atoms with Crippen LogP contribution >= 0.6 is 0 Å². The van der Waals surface area contributed by atoms with E-state index in [1.807, 2.05) is 6.92 Å². The van der Waals surface area contributed by atoms with Gasteiger partial charge < -0.3 is 20.3 Å². The van der Waals surface area contributed by atoms with E-state index in [9.17, 15) is 9.59 Å². The van der Waals surface area contributed by atoms with Crippen LogP contribution in [0.25, 0.3) is 0 Å². The van der Waals surface area contributed by atoms with Crippen LogP contribution in [0.4, 0.5) is 4.79 Å². The Morgan fingerprint density at radius 1 is 1.33 bits per heavy atom. The average molecular weight is 255 g/mol. The lowest BCUT2D eigenvalue weighted by Gasteiger charge is -2.34. The summed E-state index contributed by atoms with van der Waals surface area (Å²) in [5.74, 6) is -0.0408. The molecule has 0 unspecified atom stereocenters. The summed E-state index contributed by atoms with van der Waals surface area (Å²) < 4.78 is 5.23. The summed E-state index contributed by atoms with van der Waals surface area (Å²) in [6.07, 6.45) is 1.44. The monoisotopic (exact) mass is 255 g/mol. The van der Waals surface area contributed by atoms with E-state index in [1.54, 1.807) is 9.80 Å². The molecular formula is C12H21N3O3. The van der Waals surface area contributed by atoms with E-state index < -0.39 is 6.04 Å². The van der Waals surface area contributed by atoms with Gasteiger partial charge in [-0.15, -0.1) is 0 Å². The van der Waals surface area contributed by atoms with Gasteiger partial charge in [0.15, 0.2) is 5.78 Å². The van der Waals surface area contributed by atoms with Crippen molar-refractivity contribution >= 4 is 11.8 Å². The third-order valence-corrected chi connectivity index (χ3v) is 3.69. The van der Waals surface area contributed by atoms with Crippen molar-refractivity contribution in [3.05, 3.63) is 0 Å². The van der Waals surface area contributed by atoms with Crippen LogP contribution in [0.3, 0.4) is 0 Å². The Hall–Kier alpha value is -1.14. The highest BCUT2D eigenvalue weighted by Crippen LogP contribution is 2.16. The zero-order valence-corrected chi connectivity index (χ0v) is 10.8. The largest absolute Gasteiger partial charge is 0.378 e. The van der Waals surface area contributed by atoms with E-state index >= 15 is 0 Å². The van der Waals surface area contributed by atoms with Gasteiger partial charge in [-0.25, -0.2) is 4.79 Å². The van der Waals surface area contributed by atoms with Crippen molar-refractivity contribution < 1.29 is 14.3 Å². The third kappa shape index (κ3) is 2.81. The first-order valence-corrected chi connectivity index (χ1v) is 6.51. The van der Waals surface area contributed by atoms with Gasteiger partial charge in [0, 0.05) is 19.1 Å². The Morgan fingerprint density at radius 3 is 2.67 bits per heavy atom. The second-order valence-electron chi connectivity index (χ2n) is 5.01. The van der Waals surface area contributed by atoms with Crippen LogP contribution in [0, 0.1) is 0 Å². The van der Waals surface area contributed by atoms with Crippen LogP contribution in [0.2, 0.25) is 0 Å². The van der Waals surface area contributed by atoms with Crippen LogP contribution in [0.5, 0.6) is 0 Å². The summed E-state index contributed by atoms with van der Waals surface area (Å²) in [6, 6.07) is -0.416. The molecule has 0 aromatic heterocycles. The molecule has 2 aliphatic rings. The smallest absolute Gasteiger partial charge is 0.320 e. The minimum atomic E-state index is -0.421. The molecule has 2 atom stereocenters. The zero-order valence-electron chi connectivity index (χ0n) is 10.8. The molecule has 6 heteroatoms. The first kappa shape index (κ1) is 13.3. The second-order valence-corrected chi connectivity index (χ2v) is 5.01. The number of nitrogens with zero attached hydrogens (tertiary/aromatic N) is 2. The predicted octanol–water partition coefficient (Wildman–Crippen LogP) is -0.181. The molecule has 2 N–H and O–H groups in total. The maximum absolute atomic E-state index is 12.4. The maximum Gasteiger partial charge on any atom is 0.320 e. The van der Waals surface area contributed by atoms with E-state index in [0.29, 0.717) is 32.7 Å². The van der Waals surface area contributed by atoms with Crippen molar-refractivity contribution in [3.8, 4) is 0 Å². The van der Waals surface area contributed by atoms with Gasteiger partial charge in [0.2, 0.25) is 0 Å². The second kappa shape index (κ2) is 5.67. The zero-order chi connectivity index (χ0) is 13.1. The summed E-state index contributed by atoms with van der Waals surface area (Å²) in [5.41, 5.74) is 5.76. The highest BCUT2D eigenvalue weighted by Gasteiger charge is 2.32. The molecule has 2 saturated heterocycles. The summed E-state index contributed by atoms with van der Waals surface area (Å²) in [5, 5.41) is 0. The van der Waals surface area contributed by atoms with Gasteiger partial charge in [-0.3, -0.25) is 4.79 Å². The number of hydrogen-bond acceptors (Lipinski definition) is 4. The molecule has 2 aliphatic heterocycles. The molecule has 0 radical (unpaired) electrons. The molecule has 0 bridgehead atoms. The molecule has 0 aromatic rings. The fraction of sp³-hybridized carbons (Fsp3) is 0.833. The number of ketones is 1. The van der Waals surface area contributed by atoms with Crippen LogP contribution in [0.1, 0.15) is 19.8 Å². The van der Waals surface area contributed by atoms with E-state index in [2.05, 4.69) is 0 Å². The van der Waals surface area contributed by atoms with Gasteiger partial charge in [0.1, 0.15) is 0 Å². The highest BCUT2D eigenvalue weighted by molar-refractivity contribution is 5.89. The molecular weight excluding hydrogens is 234 g/mol. The van der Waals surface area contributed by atoms with Crippen molar-refractivity contribution in [2.24, 2.45) is 5.73 Å². The summed E-state index contributed by atoms with van der Waals surface area (Å²) in [6.45, 7) is 4.45. The average Bonchev–Trinajstić information content (AvgIpc) is 2.52. The number of amides is 2. The normalized spacial score (nSPS) is 30.2. The summed E-state index contributed by atoms with van der Waals surface area (Å²) >= 11 is 0. The third-order valence-electron chi connectivity index (χ3n) is 3.69. The molecule has 2 amide bonds. The molecule has 18 heavy (non-hydrogen) atoms. The van der Waals surface area contributed by atoms with Gasteiger partial charge in [-0.2, -0.15) is 0 Å². The number of rotatable bonds is 0. The number of hydrogen-bond donors (Lipinski definition) is 1. The van der Waals surface area contributed by atoms with E-state index in [0.717, 1.165) is 6.42 Å². The minimum Gasteiger partial charge on any atom is -0.378 e. The molecule has 102 valence electrons. The predicted molar refractivity (Wildman–Crippen MR) is 66.2 cm³/mol.